The first-order valence-corrected chi connectivity index (χ1v) is 7.73. The van der Waals surface area contributed by atoms with Crippen LogP contribution in [-0.4, -0.2) is 17.5 Å². The number of nitrogens with one attached hydrogen (secondary N) is 1. The largest absolute Gasteiger partial charge is 0.456 e. The third-order valence-corrected chi connectivity index (χ3v) is 3.26. The number of hydrogen-bond donors (Lipinski definition) is 2. The molecule has 5 nitrogen and oxygen atoms in total. The number of esters is 1. The number of carbonyl (C=O) groups is 2. The molecule has 6 heteroatoms. The van der Waals surface area contributed by atoms with Crippen molar-refractivity contribution in [2.45, 2.75) is 26.4 Å². The molecule has 0 saturated heterocycles. The molecule has 0 spiro atoms. The summed E-state index contributed by atoms with van der Waals surface area (Å²) in [5, 5.41) is 3.27. The Balaban J connectivity index is 2.31. The predicted molar refractivity (Wildman–Crippen MR) is 95.4 cm³/mol. The molecule has 0 aromatic heterocycles. The molecule has 2 rings (SSSR count). The summed E-state index contributed by atoms with van der Waals surface area (Å²) in [4.78, 5) is 24.9. The predicted octanol–water partition coefficient (Wildman–Crippen LogP) is 4.13. The lowest BCUT2D eigenvalue weighted by molar-refractivity contribution is 0.00679. The molecule has 1 amide bonds. The molecule has 0 fully saturated rings. The van der Waals surface area contributed by atoms with Crippen molar-refractivity contribution in [1.29, 1.82) is 0 Å². The monoisotopic (exact) mass is 346 g/mol. The standard InChI is InChI=1S/C18H19ClN2O3/c1-18(2,3)24-17(23)14-9-6-12(20)10-15(14)16(22)21-13-7-4-11(19)5-8-13/h4-10H,20H2,1-3H3,(H,21,22). The van der Waals surface area contributed by atoms with E-state index in [-0.39, 0.29) is 11.1 Å². The van der Waals surface area contributed by atoms with E-state index in [1.807, 2.05) is 0 Å². The normalized spacial score (nSPS) is 11.0. The first-order valence-electron chi connectivity index (χ1n) is 7.35. The van der Waals surface area contributed by atoms with E-state index in [4.69, 9.17) is 22.1 Å². The highest BCUT2D eigenvalue weighted by Crippen LogP contribution is 2.20. The number of rotatable bonds is 3. The van der Waals surface area contributed by atoms with E-state index in [1.165, 1.54) is 12.1 Å². The molecular weight excluding hydrogens is 328 g/mol. The summed E-state index contributed by atoms with van der Waals surface area (Å²) in [5.74, 6) is -1.03. The Labute approximate surface area is 145 Å². The Bertz CT molecular complexity index is 765. The fourth-order valence-electron chi connectivity index (χ4n) is 1.99. The smallest absolute Gasteiger partial charge is 0.339 e. The van der Waals surface area contributed by atoms with Crippen molar-refractivity contribution in [2.24, 2.45) is 0 Å². The quantitative estimate of drug-likeness (QED) is 0.646. The lowest BCUT2D eigenvalue weighted by Gasteiger charge is -2.20. The highest BCUT2D eigenvalue weighted by Gasteiger charge is 2.23. The third kappa shape index (κ3) is 4.73. The Morgan fingerprint density at radius 3 is 2.25 bits per heavy atom. The molecule has 0 unspecified atom stereocenters. The molecule has 2 aromatic rings. The van der Waals surface area contributed by atoms with Crippen LogP contribution in [0.3, 0.4) is 0 Å². The fraction of sp³-hybridized carbons (Fsp3) is 0.222. The third-order valence-electron chi connectivity index (χ3n) is 3.01. The molecule has 0 aliphatic heterocycles. The molecule has 24 heavy (non-hydrogen) atoms. The van der Waals surface area contributed by atoms with Crippen LogP contribution in [0.5, 0.6) is 0 Å². The maximum absolute atomic E-state index is 12.5. The average molecular weight is 347 g/mol. The van der Waals surface area contributed by atoms with Crippen LogP contribution in [0, 0.1) is 0 Å². The Hall–Kier alpha value is -2.53. The molecule has 0 aliphatic carbocycles. The lowest BCUT2D eigenvalue weighted by Crippen LogP contribution is -2.26. The fourth-order valence-corrected chi connectivity index (χ4v) is 2.12. The number of ether oxygens (including phenoxy) is 1. The molecule has 0 atom stereocenters. The summed E-state index contributed by atoms with van der Waals surface area (Å²) in [6.45, 7) is 5.28. The Morgan fingerprint density at radius 1 is 1.04 bits per heavy atom. The number of carbonyl (C=O) groups excluding carboxylic acids is 2. The van der Waals surface area contributed by atoms with Gasteiger partial charge in [-0.1, -0.05) is 11.6 Å². The maximum atomic E-state index is 12.5. The van der Waals surface area contributed by atoms with Gasteiger partial charge in [-0.25, -0.2) is 4.79 Å². The van der Waals surface area contributed by atoms with Crippen molar-refractivity contribution >= 4 is 34.9 Å². The van der Waals surface area contributed by atoms with Gasteiger partial charge in [0.2, 0.25) is 0 Å². The summed E-state index contributed by atoms with van der Waals surface area (Å²) >= 11 is 5.82. The van der Waals surface area contributed by atoms with Crippen molar-refractivity contribution in [2.75, 3.05) is 11.1 Å². The number of amides is 1. The number of halogens is 1. The van der Waals surface area contributed by atoms with Crippen molar-refractivity contribution in [3.8, 4) is 0 Å². The number of nitrogen functional groups attached to an aromatic ring is 1. The van der Waals surface area contributed by atoms with Gasteiger partial charge in [-0.2, -0.15) is 0 Å². The number of anilines is 2. The van der Waals surface area contributed by atoms with E-state index in [0.717, 1.165) is 0 Å². The minimum atomic E-state index is -0.664. The van der Waals surface area contributed by atoms with Gasteiger partial charge in [-0.05, 0) is 63.2 Å². The molecule has 3 N–H and O–H groups in total. The van der Waals surface area contributed by atoms with Crippen molar-refractivity contribution in [3.63, 3.8) is 0 Å². The van der Waals surface area contributed by atoms with E-state index < -0.39 is 17.5 Å². The molecule has 0 radical (unpaired) electrons. The van der Waals surface area contributed by atoms with Crippen LogP contribution in [0.15, 0.2) is 42.5 Å². The minimum absolute atomic E-state index is 0.152. The van der Waals surface area contributed by atoms with Crippen molar-refractivity contribution < 1.29 is 14.3 Å². The van der Waals surface area contributed by atoms with Gasteiger partial charge in [0.25, 0.3) is 5.91 Å². The molecular formula is C18H19ClN2O3. The van der Waals surface area contributed by atoms with Crippen LogP contribution in [0.2, 0.25) is 5.02 Å². The van der Waals surface area contributed by atoms with Gasteiger partial charge >= 0.3 is 5.97 Å². The van der Waals surface area contributed by atoms with Crippen molar-refractivity contribution in [1.82, 2.24) is 0 Å². The summed E-state index contributed by atoms with van der Waals surface area (Å²) in [6.07, 6.45) is 0. The molecule has 126 valence electrons. The van der Waals surface area contributed by atoms with Crippen LogP contribution in [0.4, 0.5) is 11.4 Å². The van der Waals surface area contributed by atoms with Crippen molar-refractivity contribution in [3.05, 3.63) is 58.6 Å². The second-order valence-electron chi connectivity index (χ2n) is 6.27. The minimum Gasteiger partial charge on any atom is -0.456 e. The average Bonchev–Trinajstić information content (AvgIpc) is 2.47. The van der Waals surface area contributed by atoms with Crippen LogP contribution >= 0.6 is 11.6 Å². The van der Waals surface area contributed by atoms with Gasteiger partial charge in [0.1, 0.15) is 5.60 Å². The molecule has 0 heterocycles. The van der Waals surface area contributed by atoms with Crippen LogP contribution < -0.4 is 11.1 Å². The first kappa shape index (κ1) is 17.8. The van der Waals surface area contributed by atoms with Gasteiger partial charge < -0.3 is 15.8 Å². The molecule has 0 saturated carbocycles. The van der Waals surface area contributed by atoms with Gasteiger partial charge in [-0.15, -0.1) is 0 Å². The zero-order valence-electron chi connectivity index (χ0n) is 13.7. The summed E-state index contributed by atoms with van der Waals surface area (Å²) in [7, 11) is 0. The Morgan fingerprint density at radius 2 is 1.67 bits per heavy atom. The van der Waals surface area contributed by atoms with E-state index in [0.29, 0.717) is 16.4 Å². The first-order chi connectivity index (χ1) is 11.2. The number of nitrogens with two attached hydrogens (primary N) is 1. The molecule has 2 aromatic carbocycles. The van der Waals surface area contributed by atoms with E-state index in [2.05, 4.69) is 5.32 Å². The highest BCUT2D eigenvalue weighted by atomic mass is 35.5. The summed E-state index contributed by atoms with van der Waals surface area (Å²) in [5.41, 5.74) is 6.34. The van der Waals surface area contributed by atoms with Gasteiger partial charge in [0, 0.05) is 16.4 Å². The zero-order chi connectivity index (χ0) is 17.9. The molecule has 0 aliphatic rings. The van der Waals surface area contributed by atoms with Crippen LogP contribution in [-0.2, 0) is 4.74 Å². The van der Waals surface area contributed by atoms with E-state index in [1.54, 1.807) is 51.1 Å². The highest BCUT2D eigenvalue weighted by molar-refractivity contribution is 6.30. The summed E-state index contributed by atoms with van der Waals surface area (Å²) in [6, 6.07) is 11.1. The van der Waals surface area contributed by atoms with Gasteiger partial charge in [0.05, 0.1) is 11.1 Å². The molecule has 0 bridgehead atoms. The maximum Gasteiger partial charge on any atom is 0.339 e. The zero-order valence-corrected chi connectivity index (χ0v) is 14.5. The second-order valence-corrected chi connectivity index (χ2v) is 6.70. The van der Waals surface area contributed by atoms with Crippen LogP contribution in [0.25, 0.3) is 0 Å². The number of benzene rings is 2. The summed E-state index contributed by atoms with van der Waals surface area (Å²) < 4.78 is 5.34. The lowest BCUT2D eigenvalue weighted by atomic mass is 10.0. The Kier molecular flexibility index (Phi) is 5.14. The topological polar surface area (TPSA) is 81.4 Å². The SMILES string of the molecule is CC(C)(C)OC(=O)c1ccc(N)cc1C(=O)Nc1ccc(Cl)cc1. The van der Waals surface area contributed by atoms with Gasteiger partial charge in [0.15, 0.2) is 0 Å². The van der Waals surface area contributed by atoms with E-state index in [9.17, 15) is 9.59 Å². The van der Waals surface area contributed by atoms with Gasteiger partial charge in [-0.3, -0.25) is 4.79 Å². The number of hydrogen-bond acceptors (Lipinski definition) is 4. The van der Waals surface area contributed by atoms with Crippen LogP contribution in [0.1, 0.15) is 41.5 Å². The second kappa shape index (κ2) is 6.93. The van der Waals surface area contributed by atoms with E-state index >= 15 is 0 Å².